The fourth-order valence-corrected chi connectivity index (χ4v) is 3.33. The first-order valence-electron chi connectivity index (χ1n) is 9.77. The van der Waals surface area contributed by atoms with Crippen molar-refractivity contribution in [2.45, 2.75) is 20.0 Å². The molecule has 6 heteroatoms. The maximum absolute atomic E-state index is 12.6. The normalized spacial score (nSPS) is 10.5. The van der Waals surface area contributed by atoms with Gasteiger partial charge in [0.2, 0.25) is 5.95 Å². The van der Waals surface area contributed by atoms with Crippen molar-refractivity contribution in [2.24, 2.45) is 0 Å². The summed E-state index contributed by atoms with van der Waals surface area (Å²) in [5, 5.41) is 15.2. The van der Waals surface area contributed by atoms with Gasteiger partial charge in [0.1, 0.15) is 0 Å². The average molecular weight is 395 g/mol. The zero-order valence-corrected chi connectivity index (χ0v) is 16.6. The van der Waals surface area contributed by atoms with Crippen molar-refractivity contribution in [1.29, 1.82) is 5.26 Å². The molecule has 0 atom stereocenters. The SMILES string of the molecule is CCn1c(NC(=O)c2ccc(C#N)cc2)nc2cc(CNc3ccccc3)ccc21. The quantitative estimate of drug-likeness (QED) is 0.492. The topological polar surface area (TPSA) is 82.7 Å². The van der Waals surface area contributed by atoms with Crippen LogP contribution in [0.2, 0.25) is 0 Å². The van der Waals surface area contributed by atoms with E-state index in [9.17, 15) is 4.79 Å². The number of anilines is 2. The van der Waals surface area contributed by atoms with Crippen LogP contribution in [-0.2, 0) is 13.1 Å². The molecule has 1 aromatic heterocycles. The molecule has 0 saturated heterocycles. The number of amides is 1. The van der Waals surface area contributed by atoms with E-state index < -0.39 is 0 Å². The summed E-state index contributed by atoms with van der Waals surface area (Å²) in [6.45, 7) is 3.39. The number of rotatable bonds is 6. The predicted octanol–water partition coefficient (Wildman–Crippen LogP) is 4.79. The molecule has 0 aliphatic carbocycles. The third-order valence-electron chi connectivity index (χ3n) is 4.90. The lowest BCUT2D eigenvalue weighted by Crippen LogP contribution is -2.15. The van der Waals surface area contributed by atoms with Crippen molar-refractivity contribution in [3.05, 3.63) is 89.5 Å². The van der Waals surface area contributed by atoms with Gasteiger partial charge in [-0.05, 0) is 61.0 Å². The largest absolute Gasteiger partial charge is 0.381 e. The van der Waals surface area contributed by atoms with Crippen LogP contribution in [0.15, 0.2) is 72.8 Å². The molecular formula is C24H21N5O. The third-order valence-corrected chi connectivity index (χ3v) is 4.90. The first kappa shape index (κ1) is 19.2. The van der Waals surface area contributed by atoms with Gasteiger partial charge in [-0.3, -0.25) is 10.1 Å². The van der Waals surface area contributed by atoms with Crippen molar-refractivity contribution in [3.8, 4) is 6.07 Å². The van der Waals surface area contributed by atoms with Crippen molar-refractivity contribution in [3.63, 3.8) is 0 Å². The molecule has 6 nitrogen and oxygen atoms in total. The van der Waals surface area contributed by atoms with E-state index in [1.165, 1.54) is 0 Å². The van der Waals surface area contributed by atoms with Crippen molar-refractivity contribution < 1.29 is 4.79 Å². The van der Waals surface area contributed by atoms with Gasteiger partial charge in [0.05, 0.1) is 22.7 Å². The highest BCUT2D eigenvalue weighted by Crippen LogP contribution is 2.22. The van der Waals surface area contributed by atoms with E-state index in [-0.39, 0.29) is 5.91 Å². The molecule has 0 spiro atoms. The van der Waals surface area contributed by atoms with Crippen LogP contribution in [0.4, 0.5) is 11.6 Å². The number of para-hydroxylation sites is 1. The number of nitrogens with one attached hydrogen (secondary N) is 2. The Hall–Kier alpha value is -4.11. The van der Waals surface area contributed by atoms with E-state index >= 15 is 0 Å². The molecule has 2 N–H and O–H groups in total. The first-order valence-corrected chi connectivity index (χ1v) is 9.77. The van der Waals surface area contributed by atoms with Crippen LogP contribution in [0, 0.1) is 11.3 Å². The first-order chi connectivity index (χ1) is 14.7. The van der Waals surface area contributed by atoms with Gasteiger partial charge >= 0.3 is 0 Å². The predicted molar refractivity (Wildman–Crippen MR) is 118 cm³/mol. The second kappa shape index (κ2) is 8.50. The van der Waals surface area contributed by atoms with Gasteiger partial charge in [-0.2, -0.15) is 5.26 Å². The molecule has 0 radical (unpaired) electrons. The lowest BCUT2D eigenvalue weighted by Gasteiger charge is -2.08. The highest BCUT2D eigenvalue weighted by molar-refractivity contribution is 6.04. The van der Waals surface area contributed by atoms with Gasteiger partial charge in [0.25, 0.3) is 5.91 Å². The van der Waals surface area contributed by atoms with E-state index in [4.69, 9.17) is 5.26 Å². The molecule has 30 heavy (non-hydrogen) atoms. The van der Waals surface area contributed by atoms with Crippen molar-refractivity contribution in [1.82, 2.24) is 9.55 Å². The maximum Gasteiger partial charge on any atom is 0.257 e. The number of nitrogens with zero attached hydrogens (tertiary/aromatic N) is 3. The number of carbonyl (C=O) groups is 1. The Labute approximate surface area is 174 Å². The number of hydrogen-bond acceptors (Lipinski definition) is 4. The van der Waals surface area contributed by atoms with Gasteiger partial charge in [-0.15, -0.1) is 0 Å². The second-order valence-electron chi connectivity index (χ2n) is 6.87. The molecule has 1 amide bonds. The van der Waals surface area contributed by atoms with Crippen LogP contribution < -0.4 is 10.6 Å². The molecule has 0 unspecified atom stereocenters. The van der Waals surface area contributed by atoms with Crippen LogP contribution in [0.3, 0.4) is 0 Å². The highest BCUT2D eigenvalue weighted by Gasteiger charge is 2.14. The number of hydrogen-bond donors (Lipinski definition) is 2. The van der Waals surface area contributed by atoms with Crippen LogP contribution >= 0.6 is 0 Å². The van der Waals surface area contributed by atoms with Crippen molar-refractivity contribution in [2.75, 3.05) is 10.6 Å². The highest BCUT2D eigenvalue weighted by atomic mass is 16.1. The summed E-state index contributed by atoms with van der Waals surface area (Å²) in [5.41, 5.74) is 4.97. The standard InChI is InChI=1S/C24H21N5O/c1-2-29-22-13-10-18(16-26-20-6-4-3-5-7-20)14-21(22)27-24(29)28-23(30)19-11-8-17(15-25)9-12-19/h3-14,26H,2,16H2,1H3,(H,27,28,30). The van der Waals surface area contributed by atoms with E-state index in [0.717, 1.165) is 22.3 Å². The van der Waals surface area contributed by atoms with E-state index in [1.807, 2.05) is 54.0 Å². The summed E-state index contributed by atoms with van der Waals surface area (Å²) in [6, 6.07) is 24.8. The minimum atomic E-state index is -0.254. The Morgan fingerprint density at radius 3 is 2.53 bits per heavy atom. The minimum absolute atomic E-state index is 0.254. The third kappa shape index (κ3) is 4.01. The van der Waals surface area contributed by atoms with Crippen LogP contribution in [-0.4, -0.2) is 15.5 Å². The lowest BCUT2D eigenvalue weighted by molar-refractivity contribution is 0.102. The maximum atomic E-state index is 12.6. The van der Waals surface area contributed by atoms with Crippen molar-refractivity contribution >= 4 is 28.6 Å². The van der Waals surface area contributed by atoms with Gasteiger partial charge in [0, 0.05) is 24.3 Å². The molecule has 0 aliphatic rings. The summed E-state index contributed by atoms with van der Waals surface area (Å²) in [4.78, 5) is 17.3. The average Bonchev–Trinajstić information content (AvgIpc) is 3.14. The lowest BCUT2D eigenvalue weighted by atomic mass is 10.1. The van der Waals surface area contributed by atoms with Gasteiger partial charge < -0.3 is 9.88 Å². The molecule has 4 rings (SSSR count). The molecule has 0 fully saturated rings. The van der Waals surface area contributed by atoms with Crippen LogP contribution in [0.25, 0.3) is 11.0 Å². The zero-order valence-electron chi connectivity index (χ0n) is 16.6. The Morgan fingerprint density at radius 1 is 1.07 bits per heavy atom. The number of nitriles is 1. The number of aromatic nitrogens is 2. The Morgan fingerprint density at radius 2 is 1.83 bits per heavy atom. The smallest absolute Gasteiger partial charge is 0.257 e. The molecule has 0 saturated carbocycles. The van der Waals surface area contributed by atoms with Gasteiger partial charge in [-0.1, -0.05) is 24.3 Å². The number of carbonyl (C=O) groups excluding carboxylic acids is 1. The van der Waals surface area contributed by atoms with Gasteiger partial charge in [-0.25, -0.2) is 4.98 Å². The number of benzene rings is 3. The second-order valence-corrected chi connectivity index (χ2v) is 6.87. The number of fused-ring (bicyclic) bond motifs is 1. The van der Waals surface area contributed by atoms with Crippen LogP contribution in [0.1, 0.15) is 28.4 Å². The summed E-state index contributed by atoms with van der Waals surface area (Å²) in [5.74, 6) is 0.255. The molecule has 148 valence electrons. The summed E-state index contributed by atoms with van der Waals surface area (Å²) < 4.78 is 1.98. The fourth-order valence-electron chi connectivity index (χ4n) is 3.33. The Bertz CT molecular complexity index is 1220. The molecule has 4 aromatic rings. The zero-order chi connectivity index (χ0) is 20.9. The molecule has 0 bridgehead atoms. The monoisotopic (exact) mass is 395 g/mol. The van der Waals surface area contributed by atoms with E-state index in [0.29, 0.717) is 30.2 Å². The van der Waals surface area contributed by atoms with E-state index in [1.54, 1.807) is 24.3 Å². The molecule has 0 aliphatic heterocycles. The molecule has 1 heterocycles. The van der Waals surface area contributed by atoms with Gasteiger partial charge in [0.15, 0.2) is 0 Å². The molecular weight excluding hydrogens is 374 g/mol. The fraction of sp³-hybridized carbons (Fsp3) is 0.125. The molecule has 3 aromatic carbocycles. The summed E-state index contributed by atoms with van der Waals surface area (Å²) >= 11 is 0. The minimum Gasteiger partial charge on any atom is -0.381 e. The van der Waals surface area contributed by atoms with Crippen LogP contribution in [0.5, 0.6) is 0 Å². The Balaban J connectivity index is 1.55. The summed E-state index contributed by atoms with van der Waals surface area (Å²) in [7, 11) is 0. The Kier molecular flexibility index (Phi) is 5.44. The summed E-state index contributed by atoms with van der Waals surface area (Å²) in [6.07, 6.45) is 0. The number of aryl methyl sites for hydroxylation is 1. The number of imidazole rings is 1. The van der Waals surface area contributed by atoms with E-state index in [2.05, 4.69) is 27.8 Å².